The number of ether oxygens (including phenoxy) is 1. The summed E-state index contributed by atoms with van der Waals surface area (Å²) in [6, 6.07) is 8.10. The Hall–Kier alpha value is -3.29. The van der Waals surface area contributed by atoms with E-state index >= 15 is 0 Å². The predicted molar refractivity (Wildman–Crippen MR) is 98.8 cm³/mol. The minimum absolute atomic E-state index is 0.118. The number of nitrogens with one attached hydrogen (secondary N) is 2. The Balaban J connectivity index is 1.72. The van der Waals surface area contributed by atoms with E-state index in [1.807, 2.05) is 19.9 Å². The van der Waals surface area contributed by atoms with Crippen LogP contribution in [0.3, 0.4) is 0 Å². The van der Waals surface area contributed by atoms with Crippen LogP contribution in [0.5, 0.6) is 0 Å². The van der Waals surface area contributed by atoms with E-state index in [0.29, 0.717) is 11.8 Å². The number of carbonyl (C=O) groups excluding carboxylic acids is 3. The van der Waals surface area contributed by atoms with Crippen LogP contribution in [0.25, 0.3) is 0 Å². The molecular formula is C20H20F2N2O4. The Morgan fingerprint density at radius 1 is 1.00 bits per heavy atom. The van der Waals surface area contributed by atoms with E-state index in [-0.39, 0.29) is 18.5 Å². The van der Waals surface area contributed by atoms with Crippen LogP contribution < -0.4 is 10.6 Å². The van der Waals surface area contributed by atoms with Crippen LogP contribution in [-0.2, 0) is 14.3 Å². The Kier molecular flexibility index (Phi) is 7.20. The van der Waals surface area contributed by atoms with E-state index in [9.17, 15) is 23.2 Å². The first-order valence-corrected chi connectivity index (χ1v) is 8.51. The minimum Gasteiger partial charge on any atom is -0.456 e. The van der Waals surface area contributed by atoms with E-state index in [2.05, 4.69) is 10.6 Å². The normalized spacial score (nSPS) is 10.3. The molecule has 2 N–H and O–H groups in total. The van der Waals surface area contributed by atoms with Crippen LogP contribution in [0.2, 0.25) is 0 Å². The average molecular weight is 390 g/mol. The summed E-state index contributed by atoms with van der Waals surface area (Å²) in [7, 11) is 0. The lowest BCUT2D eigenvalue weighted by Crippen LogP contribution is -2.28. The van der Waals surface area contributed by atoms with Crippen molar-refractivity contribution in [3.63, 3.8) is 0 Å². The van der Waals surface area contributed by atoms with Crippen LogP contribution in [0, 0.1) is 25.5 Å². The maximum absolute atomic E-state index is 13.5. The van der Waals surface area contributed by atoms with Gasteiger partial charge in [0, 0.05) is 18.3 Å². The van der Waals surface area contributed by atoms with Gasteiger partial charge in [-0.1, -0.05) is 6.07 Å². The topological polar surface area (TPSA) is 84.5 Å². The quantitative estimate of drug-likeness (QED) is 0.712. The summed E-state index contributed by atoms with van der Waals surface area (Å²) in [5, 5.41) is 4.95. The Morgan fingerprint density at radius 2 is 1.68 bits per heavy atom. The number of benzene rings is 2. The largest absolute Gasteiger partial charge is 0.456 e. The summed E-state index contributed by atoms with van der Waals surface area (Å²) >= 11 is 0. The van der Waals surface area contributed by atoms with Gasteiger partial charge in [-0.15, -0.1) is 0 Å². The van der Waals surface area contributed by atoms with Gasteiger partial charge in [0.25, 0.3) is 11.8 Å². The van der Waals surface area contributed by atoms with Gasteiger partial charge in [-0.25, -0.2) is 8.78 Å². The van der Waals surface area contributed by atoms with Gasteiger partial charge in [-0.05, 0) is 49.2 Å². The predicted octanol–water partition coefficient (Wildman–Crippen LogP) is 2.88. The Labute approximate surface area is 160 Å². The highest BCUT2D eigenvalue weighted by Crippen LogP contribution is 2.13. The summed E-state index contributed by atoms with van der Waals surface area (Å²) < 4.78 is 31.2. The maximum Gasteiger partial charge on any atom is 0.308 e. The summed E-state index contributed by atoms with van der Waals surface area (Å²) in [6.45, 7) is 3.21. The lowest BCUT2D eigenvalue weighted by molar-refractivity contribution is -0.147. The molecule has 0 radical (unpaired) electrons. The fourth-order valence-corrected chi connectivity index (χ4v) is 2.51. The molecule has 0 atom stereocenters. The molecule has 0 saturated carbocycles. The molecule has 0 aromatic heterocycles. The van der Waals surface area contributed by atoms with Crippen LogP contribution in [0.15, 0.2) is 36.4 Å². The highest BCUT2D eigenvalue weighted by Gasteiger charge is 2.13. The molecule has 2 amide bonds. The molecule has 148 valence electrons. The minimum atomic E-state index is -0.997. The average Bonchev–Trinajstić information content (AvgIpc) is 2.59. The van der Waals surface area contributed by atoms with Crippen molar-refractivity contribution in [1.29, 1.82) is 0 Å². The molecular weight excluding hydrogens is 370 g/mol. The lowest BCUT2D eigenvalue weighted by atomic mass is 10.1. The number of carbonyl (C=O) groups is 3. The molecule has 2 rings (SSSR count). The van der Waals surface area contributed by atoms with Crippen molar-refractivity contribution in [2.24, 2.45) is 0 Å². The van der Waals surface area contributed by atoms with Gasteiger partial charge in [0.05, 0.1) is 12.0 Å². The summed E-state index contributed by atoms with van der Waals surface area (Å²) in [6.07, 6.45) is -0.203. The van der Waals surface area contributed by atoms with Gasteiger partial charge in [-0.2, -0.15) is 0 Å². The molecule has 2 aromatic carbocycles. The number of amides is 2. The Bertz CT molecular complexity index is 880. The zero-order valence-electron chi connectivity index (χ0n) is 15.5. The molecule has 8 heteroatoms. The van der Waals surface area contributed by atoms with E-state index in [1.54, 1.807) is 12.1 Å². The van der Waals surface area contributed by atoms with E-state index in [4.69, 9.17) is 4.74 Å². The summed E-state index contributed by atoms with van der Waals surface area (Å²) in [5.41, 5.74) is 2.25. The molecule has 0 saturated heterocycles. The number of esters is 1. The van der Waals surface area contributed by atoms with E-state index in [1.165, 1.54) is 0 Å². The second-order valence-electron chi connectivity index (χ2n) is 6.22. The first-order valence-electron chi connectivity index (χ1n) is 8.51. The van der Waals surface area contributed by atoms with Gasteiger partial charge < -0.3 is 15.4 Å². The van der Waals surface area contributed by atoms with E-state index in [0.717, 1.165) is 23.3 Å². The molecule has 0 spiro atoms. The number of aryl methyl sites for hydroxylation is 2. The SMILES string of the molecule is Cc1cc(C)cc(NC(=O)COC(=O)CCNC(=O)c2ccc(F)cc2F)c1. The maximum atomic E-state index is 13.5. The zero-order valence-corrected chi connectivity index (χ0v) is 15.5. The molecule has 0 aliphatic heterocycles. The molecule has 0 unspecified atom stereocenters. The standard InChI is InChI=1S/C20H20F2N2O4/c1-12-7-13(2)9-15(8-12)24-18(25)11-28-19(26)5-6-23-20(27)16-4-3-14(21)10-17(16)22/h3-4,7-10H,5-6,11H2,1-2H3,(H,23,27)(H,24,25). The first kappa shape index (κ1) is 21.0. The molecule has 0 aliphatic rings. The van der Waals surface area contributed by atoms with Crippen LogP contribution in [0.1, 0.15) is 27.9 Å². The van der Waals surface area contributed by atoms with Crippen molar-refractivity contribution in [3.05, 3.63) is 64.7 Å². The molecule has 0 heterocycles. The van der Waals surface area contributed by atoms with Gasteiger partial charge in [0.15, 0.2) is 6.61 Å². The van der Waals surface area contributed by atoms with Crippen molar-refractivity contribution in [2.45, 2.75) is 20.3 Å². The van der Waals surface area contributed by atoms with Crippen LogP contribution in [0.4, 0.5) is 14.5 Å². The second-order valence-corrected chi connectivity index (χ2v) is 6.22. The van der Waals surface area contributed by atoms with Gasteiger partial charge in [0.1, 0.15) is 11.6 Å². The summed E-state index contributed by atoms with van der Waals surface area (Å²) in [4.78, 5) is 35.3. The van der Waals surface area contributed by atoms with Gasteiger partial charge >= 0.3 is 5.97 Å². The highest BCUT2D eigenvalue weighted by atomic mass is 19.1. The van der Waals surface area contributed by atoms with Crippen molar-refractivity contribution in [3.8, 4) is 0 Å². The molecule has 0 aliphatic carbocycles. The zero-order chi connectivity index (χ0) is 20.7. The first-order chi connectivity index (χ1) is 13.2. The number of halogens is 2. The number of rotatable bonds is 7. The van der Waals surface area contributed by atoms with Crippen molar-refractivity contribution in [1.82, 2.24) is 5.32 Å². The second kappa shape index (κ2) is 9.59. The van der Waals surface area contributed by atoms with Gasteiger partial charge in [0.2, 0.25) is 0 Å². The van der Waals surface area contributed by atoms with Crippen LogP contribution in [-0.4, -0.2) is 30.9 Å². The van der Waals surface area contributed by atoms with Crippen molar-refractivity contribution in [2.75, 3.05) is 18.5 Å². The van der Waals surface area contributed by atoms with E-state index < -0.39 is 36.0 Å². The van der Waals surface area contributed by atoms with Gasteiger partial charge in [-0.3, -0.25) is 14.4 Å². The monoisotopic (exact) mass is 390 g/mol. The number of anilines is 1. The Morgan fingerprint density at radius 3 is 2.32 bits per heavy atom. The van der Waals surface area contributed by atoms with Crippen molar-refractivity contribution >= 4 is 23.5 Å². The fraction of sp³-hybridized carbons (Fsp3) is 0.250. The molecule has 28 heavy (non-hydrogen) atoms. The number of hydrogen-bond acceptors (Lipinski definition) is 4. The van der Waals surface area contributed by atoms with Crippen LogP contribution >= 0.6 is 0 Å². The summed E-state index contributed by atoms with van der Waals surface area (Å²) in [5.74, 6) is -3.76. The third-order valence-electron chi connectivity index (χ3n) is 3.66. The highest BCUT2D eigenvalue weighted by molar-refractivity contribution is 5.95. The number of hydrogen-bond donors (Lipinski definition) is 2. The molecule has 2 aromatic rings. The molecule has 6 nitrogen and oxygen atoms in total. The molecule has 0 bridgehead atoms. The lowest BCUT2D eigenvalue weighted by Gasteiger charge is -2.09. The van der Waals surface area contributed by atoms with Crippen molar-refractivity contribution < 1.29 is 27.9 Å². The third kappa shape index (κ3) is 6.46. The third-order valence-corrected chi connectivity index (χ3v) is 3.66. The smallest absolute Gasteiger partial charge is 0.308 e. The molecule has 0 fully saturated rings. The fourth-order valence-electron chi connectivity index (χ4n) is 2.51.